The van der Waals surface area contributed by atoms with Crippen molar-refractivity contribution >= 4 is 5.78 Å². The number of halogens is 2. The molecule has 1 nitrogen and oxygen atoms in total. The minimum Gasteiger partial charge on any atom is -0.289 e. The van der Waals surface area contributed by atoms with E-state index < -0.39 is 11.6 Å². The Bertz CT molecular complexity index is 1040. The van der Waals surface area contributed by atoms with Gasteiger partial charge in [-0.1, -0.05) is 60.7 Å². The number of hydrogen-bond donors (Lipinski definition) is 0. The summed E-state index contributed by atoms with van der Waals surface area (Å²) in [5.74, 6) is -1.12. The first-order chi connectivity index (χ1) is 13.6. The molecular weight excluding hydrogens is 354 g/mol. The molecule has 0 atom stereocenters. The molecule has 0 N–H and O–H groups in total. The van der Waals surface area contributed by atoms with Crippen LogP contribution in [-0.2, 0) is 0 Å². The molecule has 0 heterocycles. The van der Waals surface area contributed by atoms with Crippen LogP contribution >= 0.6 is 0 Å². The van der Waals surface area contributed by atoms with Gasteiger partial charge in [-0.2, -0.15) is 0 Å². The van der Waals surface area contributed by atoms with Gasteiger partial charge in [0, 0.05) is 11.1 Å². The Morgan fingerprint density at radius 3 is 1.32 bits per heavy atom. The van der Waals surface area contributed by atoms with E-state index >= 15 is 0 Å². The van der Waals surface area contributed by atoms with Crippen molar-refractivity contribution in [3.63, 3.8) is 0 Å². The van der Waals surface area contributed by atoms with Crippen LogP contribution in [0.5, 0.6) is 0 Å². The molecule has 0 fully saturated rings. The van der Waals surface area contributed by atoms with Crippen molar-refractivity contribution in [2.45, 2.75) is 0 Å². The molecule has 0 aromatic heterocycles. The lowest BCUT2D eigenvalue weighted by molar-refractivity contribution is 0.104. The van der Waals surface area contributed by atoms with E-state index in [1.165, 1.54) is 36.4 Å². The van der Waals surface area contributed by atoms with Crippen LogP contribution < -0.4 is 0 Å². The fraction of sp³-hybridized carbons (Fsp3) is 0. The SMILES string of the molecule is O=C(c1ccc(F)cc1-c1ccccc1)c1ccc(F)cc1-c1ccccc1. The first-order valence-electron chi connectivity index (χ1n) is 8.88. The van der Waals surface area contributed by atoms with Crippen molar-refractivity contribution < 1.29 is 13.6 Å². The molecule has 0 bridgehead atoms. The van der Waals surface area contributed by atoms with Gasteiger partial charge in [-0.3, -0.25) is 4.79 Å². The predicted molar refractivity (Wildman–Crippen MR) is 107 cm³/mol. The highest BCUT2D eigenvalue weighted by atomic mass is 19.1. The maximum atomic E-state index is 13.9. The average molecular weight is 370 g/mol. The Balaban J connectivity index is 1.89. The van der Waals surface area contributed by atoms with Crippen molar-refractivity contribution in [3.05, 3.63) is 120 Å². The zero-order chi connectivity index (χ0) is 19.5. The molecule has 0 aliphatic rings. The molecule has 28 heavy (non-hydrogen) atoms. The largest absolute Gasteiger partial charge is 0.289 e. The number of carbonyl (C=O) groups is 1. The molecule has 4 aromatic rings. The van der Waals surface area contributed by atoms with Crippen LogP contribution in [0.15, 0.2) is 97.1 Å². The van der Waals surface area contributed by atoms with E-state index in [-0.39, 0.29) is 5.78 Å². The molecule has 0 spiro atoms. The highest BCUT2D eigenvalue weighted by molar-refractivity contribution is 6.16. The van der Waals surface area contributed by atoms with Crippen LogP contribution in [0.3, 0.4) is 0 Å². The maximum Gasteiger partial charge on any atom is 0.194 e. The fourth-order valence-electron chi connectivity index (χ4n) is 3.29. The zero-order valence-corrected chi connectivity index (χ0v) is 14.9. The van der Waals surface area contributed by atoms with Crippen molar-refractivity contribution in [1.82, 2.24) is 0 Å². The summed E-state index contributed by atoms with van der Waals surface area (Å²) in [4.78, 5) is 13.4. The van der Waals surface area contributed by atoms with Crippen LogP contribution in [0.4, 0.5) is 8.78 Å². The summed E-state index contributed by atoms with van der Waals surface area (Å²) in [5.41, 5.74) is 3.25. The second-order valence-corrected chi connectivity index (χ2v) is 6.44. The standard InChI is InChI=1S/C25H16F2O/c26-19-11-13-21(23(15-19)17-7-3-1-4-8-17)25(28)22-14-12-20(27)16-24(22)18-9-5-2-6-10-18/h1-16H. The first-order valence-corrected chi connectivity index (χ1v) is 8.88. The van der Waals surface area contributed by atoms with Gasteiger partial charge in [-0.15, -0.1) is 0 Å². The summed E-state index contributed by atoms with van der Waals surface area (Å²) >= 11 is 0. The van der Waals surface area contributed by atoms with Gasteiger partial charge in [-0.25, -0.2) is 8.78 Å². The molecule has 136 valence electrons. The molecule has 0 aliphatic carbocycles. The molecule has 3 heteroatoms. The van der Waals surface area contributed by atoms with E-state index in [9.17, 15) is 13.6 Å². The second-order valence-electron chi connectivity index (χ2n) is 6.44. The van der Waals surface area contributed by atoms with Crippen LogP contribution in [0, 0.1) is 11.6 Å². The highest BCUT2D eigenvalue weighted by Gasteiger charge is 2.19. The second kappa shape index (κ2) is 7.57. The molecule has 0 unspecified atom stereocenters. The van der Waals surface area contributed by atoms with Gasteiger partial charge in [0.1, 0.15) is 11.6 Å². The summed E-state index contributed by atoms with van der Waals surface area (Å²) in [6, 6.07) is 26.6. The third-order valence-corrected chi connectivity index (χ3v) is 4.62. The van der Waals surface area contributed by atoms with Crippen LogP contribution in [0.2, 0.25) is 0 Å². The highest BCUT2D eigenvalue weighted by Crippen LogP contribution is 2.31. The Labute approximate surface area is 161 Å². The number of rotatable bonds is 4. The zero-order valence-electron chi connectivity index (χ0n) is 14.9. The topological polar surface area (TPSA) is 17.1 Å². The van der Waals surface area contributed by atoms with Gasteiger partial charge in [0.2, 0.25) is 0 Å². The van der Waals surface area contributed by atoms with Gasteiger partial charge >= 0.3 is 0 Å². The summed E-state index contributed by atoms with van der Waals surface area (Å²) in [6.07, 6.45) is 0. The summed E-state index contributed by atoms with van der Waals surface area (Å²) in [5, 5.41) is 0. The lowest BCUT2D eigenvalue weighted by Gasteiger charge is -2.13. The third-order valence-electron chi connectivity index (χ3n) is 4.62. The fourth-order valence-corrected chi connectivity index (χ4v) is 3.29. The third kappa shape index (κ3) is 3.47. The van der Waals surface area contributed by atoms with Crippen molar-refractivity contribution in [2.24, 2.45) is 0 Å². The van der Waals surface area contributed by atoms with Crippen molar-refractivity contribution in [1.29, 1.82) is 0 Å². The summed E-state index contributed by atoms with van der Waals surface area (Å²) in [7, 11) is 0. The first kappa shape index (κ1) is 17.8. The van der Waals surface area contributed by atoms with E-state index in [1.54, 1.807) is 0 Å². The smallest absolute Gasteiger partial charge is 0.194 e. The minimum atomic E-state index is -0.419. The molecule has 4 rings (SSSR count). The van der Waals surface area contributed by atoms with E-state index in [4.69, 9.17) is 0 Å². The predicted octanol–water partition coefficient (Wildman–Crippen LogP) is 6.53. The number of benzene rings is 4. The monoisotopic (exact) mass is 370 g/mol. The van der Waals surface area contributed by atoms with E-state index in [0.29, 0.717) is 22.3 Å². The Kier molecular flexibility index (Phi) is 4.81. The van der Waals surface area contributed by atoms with Crippen molar-refractivity contribution in [2.75, 3.05) is 0 Å². The van der Waals surface area contributed by atoms with Crippen LogP contribution in [0.25, 0.3) is 22.3 Å². The molecule has 0 saturated carbocycles. The van der Waals surface area contributed by atoms with Gasteiger partial charge in [0.05, 0.1) is 0 Å². The van der Waals surface area contributed by atoms with Crippen LogP contribution in [0.1, 0.15) is 15.9 Å². The number of hydrogen-bond acceptors (Lipinski definition) is 1. The lowest BCUT2D eigenvalue weighted by Crippen LogP contribution is -2.06. The minimum absolute atomic E-state index is 0.280. The molecule has 0 saturated heterocycles. The molecule has 0 aliphatic heterocycles. The average Bonchev–Trinajstić information content (AvgIpc) is 2.74. The molecule has 0 amide bonds. The van der Waals surface area contributed by atoms with Crippen LogP contribution in [-0.4, -0.2) is 5.78 Å². The molecular formula is C25H16F2O. The molecule has 0 radical (unpaired) electrons. The quantitative estimate of drug-likeness (QED) is 0.373. The normalized spacial score (nSPS) is 10.6. The van der Waals surface area contributed by atoms with Gasteiger partial charge in [0.15, 0.2) is 5.78 Å². The van der Waals surface area contributed by atoms with E-state index in [2.05, 4.69) is 0 Å². The Hall–Kier alpha value is -3.59. The Morgan fingerprint density at radius 2 is 0.929 bits per heavy atom. The van der Waals surface area contributed by atoms with Gasteiger partial charge < -0.3 is 0 Å². The van der Waals surface area contributed by atoms with Crippen molar-refractivity contribution in [3.8, 4) is 22.3 Å². The van der Waals surface area contributed by atoms with Gasteiger partial charge in [-0.05, 0) is 58.7 Å². The van der Waals surface area contributed by atoms with Gasteiger partial charge in [0.25, 0.3) is 0 Å². The Morgan fingerprint density at radius 1 is 0.536 bits per heavy atom. The van der Waals surface area contributed by atoms with E-state index in [0.717, 1.165) is 11.1 Å². The summed E-state index contributed by atoms with van der Waals surface area (Å²) in [6.45, 7) is 0. The maximum absolute atomic E-state index is 13.9. The summed E-state index contributed by atoms with van der Waals surface area (Å²) < 4.78 is 27.9. The van der Waals surface area contributed by atoms with E-state index in [1.807, 2.05) is 60.7 Å². The molecule has 4 aromatic carbocycles. The lowest BCUT2D eigenvalue weighted by atomic mass is 9.90. The number of carbonyl (C=O) groups excluding carboxylic acids is 1. The number of ketones is 1.